The molecule has 0 atom stereocenters. The Morgan fingerprint density at radius 1 is 1.09 bits per heavy atom. The van der Waals surface area contributed by atoms with Gasteiger partial charge in [0.05, 0.1) is 12.0 Å². The molecule has 0 heterocycles. The topological polar surface area (TPSA) is 18.8 Å². The van der Waals surface area contributed by atoms with Crippen LogP contribution in [0.3, 0.4) is 0 Å². The lowest BCUT2D eigenvalue weighted by Crippen LogP contribution is -2.08. The molecule has 0 aromatic carbocycles. The molecule has 0 spiro atoms. The number of nitrogens with zero attached hydrogens (tertiary/aromatic N) is 3. The van der Waals surface area contributed by atoms with E-state index in [-0.39, 0.29) is 0 Å². The summed E-state index contributed by atoms with van der Waals surface area (Å²) in [5.74, 6) is 0. The Kier molecular flexibility index (Phi) is 4.34. The molecular weight excluding hydrogens is 138 g/mol. The second-order valence-electron chi connectivity index (χ2n) is 2.94. The summed E-state index contributed by atoms with van der Waals surface area (Å²) in [4.78, 5) is 8.07. The normalized spacial score (nSPS) is 12.3. The van der Waals surface area contributed by atoms with Gasteiger partial charge in [-0.15, -0.1) is 0 Å². The molecule has 0 unspecified atom stereocenters. The second-order valence-corrected chi connectivity index (χ2v) is 2.94. The molecule has 64 valence electrons. The Morgan fingerprint density at radius 2 is 1.64 bits per heavy atom. The summed E-state index contributed by atoms with van der Waals surface area (Å²) in [6.07, 6.45) is 3.76. The highest BCUT2D eigenvalue weighted by atomic mass is 15.1. The van der Waals surface area contributed by atoms with E-state index in [0.29, 0.717) is 0 Å². The van der Waals surface area contributed by atoms with Crippen molar-refractivity contribution in [3.63, 3.8) is 0 Å². The fourth-order valence-corrected chi connectivity index (χ4v) is 0.614. The van der Waals surface area contributed by atoms with Crippen molar-refractivity contribution in [1.82, 2.24) is 9.80 Å². The van der Waals surface area contributed by atoms with E-state index in [0.717, 1.165) is 5.70 Å². The van der Waals surface area contributed by atoms with Crippen molar-refractivity contribution in [3.8, 4) is 0 Å². The number of aliphatic imine (C=N–C) groups is 1. The van der Waals surface area contributed by atoms with Gasteiger partial charge in [-0.1, -0.05) is 0 Å². The van der Waals surface area contributed by atoms with Crippen molar-refractivity contribution in [2.75, 3.05) is 28.2 Å². The molecule has 0 aromatic rings. The minimum atomic E-state index is 1.00. The van der Waals surface area contributed by atoms with Crippen LogP contribution in [0.5, 0.6) is 0 Å². The minimum absolute atomic E-state index is 1.00. The van der Waals surface area contributed by atoms with Crippen molar-refractivity contribution < 1.29 is 0 Å². The molecule has 0 N–H and O–H groups in total. The maximum Gasteiger partial charge on any atom is 0.0903 e. The number of allylic oxidation sites excluding steroid dienone is 1. The van der Waals surface area contributed by atoms with Crippen molar-refractivity contribution >= 4 is 6.34 Å². The smallest absolute Gasteiger partial charge is 0.0903 e. The fourth-order valence-electron chi connectivity index (χ4n) is 0.614. The summed E-state index contributed by atoms with van der Waals surface area (Å²) in [6, 6.07) is 0. The molecule has 0 radical (unpaired) electrons. The van der Waals surface area contributed by atoms with Crippen LogP contribution in [0, 0.1) is 0 Å². The first kappa shape index (κ1) is 10.0. The SMILES string of the molecule is CC(=CN(C)C)N=CN(C)C. The van der Waals surface area contributed by atoms with Crippen LogP contribution in [0.4, 0.5) is 0 Å². The first-order chi connectivity index (χ1) is 5.02. The van der Waals surface area contributed by atoms with Crippen molar-refractivity contribution in [2.45, 2.75) is 6.92 Å². The molecule has 0 rings (SSSR count). The summed E-state index contributed by atoms with van der Waals surface area (Å²) >= 11 is 0. The maximum absolute atomic E-state index is 4.18. The van der Waals surface area contributed by atoms with E-state index in [2.05, 4.69) is 4.99 Å². The second kappa shape index (κ2) is 4.77. The van der Waals surface area contributed by atoms with Crippen LogP contribution in [0.15, 0.2) is 16.9 Å². The predicted molar refractivity (Wildman–Crippen MR) is 49.6 cm³/mol. The van der Waals surface area contributed by atoms with Gasteiger partial charge in [0.25, 0.3) is 0 Å². The lowest BCUT2D eigenvalue weighted by molar-refractivity contribution is 0.557. The van der Waals surface area contributed by atoms with Gasteiger partial charge in [-0.25, -0.2) is 4.99 Å². The highest BCUT2D eigenvalue weighted by Crippen LogP contribution is 1.93. The van der Waals surface area contributed by atoms with Crippen LogP contribution >= 0.6 is 0 Å². The zero-order chi connectivity index (χ0) is 8.85. The van der Waals surface area contributed by atoms with Crippen LogP contribution < -0.4 is 0 Å². The summed E-state index contributed by atoms with van der Waals surface area (Å²) in [5, 5.41) is 0. The molecule has 0 saturated heterocycles. The van der Waals surface area contributed by atoms with E-state index in [1.807, 2.05) is 51.1 Å². The third kappa shape index (κ3) is 6.90. The van der Waals surface area contributed by atoms with Gasteiger partial charge in [0.1, 0.15) is 0 Å². The monoisotopic (exact) mass is 155 g/mol. The van der Waals surface area contributed by atoms with Crippen LogP contribution in [0.2, 0.25) is 0 Å². The molecule has 0 bridgehead atoms. The van der Waals surface area contributed by atoms with E-state index < -0.39 is 0 Å². The van der Waals surface area contributed by atoms with Crippen LogP contribution in [-0.2, 0) is 0 Å². The Hall–Kier alpha value is -0.990. The van der Waals surface area contributed by atoms with Crippen LogP contribution in [0.25, 0.3) is 0 Å². The number of hydrogen-bond donors (Lipinski definition) is 0. The molecule has 0 aromatic heterocycles. The average Bonchev–Trinajstić information content (AvgIpc) is 1.82. The molecule has 0 amide bonds. The molecule has 3 nitrogen and oxygen atoms in total. The standard InChI is InChI=1S/C8H17N3/c1-8(6-10(2)3)9-7-11(4)5/h6-7H,1-5H3. The third-order valence-corrected chi connectivity index (χ3v) is 0.937. The Labute approximate surface area is 69.0 Å². The lowest BCUT2D eigenvalue weighted by atomic mass is 10.5. The maximum atomic E-state index is 4.18. The summed E-state index contributed by atoms with van der Waals surface area (Å²) in [6.45, 7) is 1.97. The Bertz CT molecular complexity index is 157. The van der Waals surface area contributed by atoms with Gasteiger partial charge >= 0.3 is 0 Å². The van der Waals surface area contributed by atoms with E-state index in [4.69, 9.17) is 0 Å². The number of hydrogen-bond acceptors (Lipinski definition) is 2. The molecule has 0 aliphatic carbocycles. The van der Waals surface area contributed by atoms with Gasteiger partial charge in [-0.3, -0.25) is 0 Å². The predicted octanol–water partition coefficient (Wildman–Crippen LogP) is 0.999. The van der Waals surface area contributed by atoms with Gasteiger partial charge in [-0.05, 0) is 6.92 Å². The lowest BCUT2D eigenvalue weighted by Gasteiger charge is -2.06. The quantitative estimate of drug-likeness (QED) is 0.447. The van der Waals surface area contributed by atoms with Gasteiger partial charge in [-0.2, -0.15) is 0 Å². The van der Waals surface area contributed by atoms with E-state index in [9.17, 15) is 0 Å². The van der Waals surface area contributed by atoms with Gasteiger partial charge in [0, 0.05) is 34.4 Å². The molecule has 0 aliphatic rings. The van der Waals surface area contributed by atoms with Gasteiger partial charge < -0.3 is 9.80 Å². The molecule has 0 aliphatic heterocycles. The van der Waals surface area contributed by atoms with Crippen LogP contribution in [-0.4, -0.2) is 44.3 Å². The van der Waals surface area contributed by atoms with E-state index in [1.54, 1.807) is 6.34 Å². The zero-order valence-corrected chi connectivity index (χ0v) is 8.00. The molecule has 0 saturated carbocycles. The first-order valence-corrected chi connectivity index (χ1v) is 3.58. The number of rotatable bonds is 3. The molecule has 0 fully saturated rings. The van der Waals surface area contributed by atoms with Crippen molar-refractivity contribution in [1.29, 1.82) is 0 Å². The molecule has 11 heavy (non-hydrogen) atoms. The zero-order valence-electron chi connectivity index (χ0n) is 8.00. The summed E-state index contributed by atoms with van der Waals surface area (Å²) in [7, 11) is 7.86. The average molecular weight is 155 g/mol. The largest absolute Gasteiger partial charge is 0.382 e. The third-order valence-electron chi connectivity index (χ3n) is 0.937. The van der Waals surface area contributed by atoms with Crippen LogP contribution in [0.1, 0.15) is 6.92 Å². The Morgan fingerprint density at radius 3 is 2.00 bits per heavy atom. The van der Waals surface area contributed by atoms with Crippen molar-refractivity contribution in [3.05, 3.63) is 11.9 Å². The van der Waals surface area contributed by atoms with Crippen molar-refractivity contribution in [2.24, 2.45) is 4.99 Å². The minimum Gasteiger partial charge on any atom is -0.382 e. The Balaban J connectivity index is 3.95. The summed E-state index contributed by atoms with van der Waals surface area (Å²) < 4.78 is 0. The first-order valence-electron chi connectivity index (χ1n) is 3.58. The van der Waals surface area contributed by atoms with Gasteiger partial charge in [0.15, 0.2) is 0 Å². The molecule has 3 heteroatoms. The highest BCUT2D eigenvalue weighted by Gasteiger charge is 1.83. The molecular formula is C8H17N3. The highest BCUT2D eigenvalue weighted by molar-refractivity contribution is 5.55. The van der Waals surface area contributed by atoms with Gasteiger partial charge in [0.2, 0.25) is 0 Å². The summed E-state index contributed by atoms with van der Waals surface area (Å²) in [5.41, 5.74) is 1.00. The van der Waals surface area contributed by atoms with E-state index >= 15 is 0 Å². The fraction of sp³-hybridized carbons (Fsp3) is 0.625. The van der Waals surface area contributed by atoms with E-state index in [1.165, 1.54) is 0 Å².